The van der Waals surface area contributed by atoms with E-state index in [4.69, 9.17) is 5.11 Å². The van der Waals surface area contributed by atoms with Crippen LogP contribution in [-0.4, -0.2) is 11.1 Å². The largest absolute Gasteiger partial charge is 0.478 e. The third-order valence-corrected chi connectivity index (χ3v) is 3.21. The summed E-state index contributed by atoms with van der Waals surface area (Å²) in [6.45, 7) is 6.22. The van der Waals surface area contributed by atoms with Gasteiger partial charge in [0.05, 0.1) is 5.56 Å². The number of aryl methyl sites for hydroxylation is 1. The Morgan fingerprint density at radius 3 is 2.42 bits per heavy atom. The van der Waals surface area contributed by atoms with Crippen LogP contribution in [0.4, 0.5) is 0 Å². The first kappa shape index (κ1) is 13.3. The van der Waals surface area contributed by atoms with Crippen LogP contribution in [0.15, 0.2) is 42.5 Å². The second kappa shape index (κ2) is 5.27. The highest BCUT2D eigenvalue weighted by Crippen LogP contribution is 2.26. The summed E-state index contributed by atoms with van der Waals surface area (Å²) in [5.41, 5.74) is 4.59. The SMILES string of the molecule is Cc1cc(C(=O)O)cc(-c2cccc(C(C)C)c2)c1. The van der Waals surface area contributed by atoms with Gasteiger partial charge in [0, 0.05) is 0 Å². The maximum atomic E-state index is 11.1. The van der Waals surface area contributed by atoms with Crippen molar-refractivity contribution < 1.29 is 9.90 Å². The minimum Gasteiger partial charge on any atom is -0.478 e. The Kier molecular flexibility index (Phi) is 3.70. The van der Waals surface area contributed by atoms with E-state index in [-0.39, 0.29) is 0 Å². The van der Waals surface area contributed by atoms with E-state index < -0.39 is 5.97 Å². The molecule has 0 amide bonds. The molecule has 0 saturated heterocycles. The van der Waals surface area contributed by atoms with Crippen LogP contribution in [0.3, 0.4) is 0 Å². The fraction of sp³-hybridized carbons (Fsp3) is 0.235. The molecule has 2 nitrogen and oxygen atoms in total. The van der Waals surface area contributed by atoms with Gasteiger partial charge in [0.1, 0.15) is 0 Å². The van der Waals surface area contributed by atoms with Crippen molar-refractivity contribution in [1.82, 2.24) is 0 Å². The van der Waals surface area contributed by atoms with Crippen LogP contribution >= 0.6 is 0 Å². The second-order valence-electron chi connectivity index (χ2n) is 5.17. The minimum atomic E-state index is -0.884. The van der Waals surface area contributed by atoms with Gasteiger partial charge in [0.25, 0.3) is 0 Å². The smallest absolute Gasteiger partial charge is 0.335 e. The van der Waals surface area contributed by atoms with Crippen LogP contribution < -0.4 is 0 Å². The van der Waals surface area contributed by atoms with Crippen LogP contribution in [0.1, 0.15) is 41.3 Å². The first-order chi connectivity index (χ1) is 8.97. The highest BCUT2D eigenvalue weighted by molar-refractivity contribution is 5.89. The van der Waals surface area contributed by atoms with Crippen molar-refractivity contribution in [2.45, 2.75) is 26.7 Å². The number of carboxylic acid groups (broad SMARTS) is 1. The number of benzene rings is 2. The molecule has 98 valence electrons. The average molecular weight is 254 g/mol. The van der Waals surface area contributed by atoms with Crippen molar-refractivity contribution in [2.24, 2.45) is 0 Å². The molecule has 2 aromatic carbocycles. The zero-order valence-corrected chi connectivity index (χ0v) is 11.5. The lowest BCUT2D eigenvalue weighted by Gasteiger charge is -2.10. The molecule has 0 unspecified atom stereocenters. The predicted octanol–water partition coefficient (Wildman–Crippen LogP) is 4.48. The average Bonchev–Trinajstić information content (AvgIpc) is 2.38. The minimum absolute atomic E-state index is 0.338. The summed E-state index contributed by atoms with van der Waals surface area (Å²) in [5, 5.41) is 9.12. The Hall–Kier alpha value is -2.09. The molecule has 19 heavy (non-hydrogen) atoms. The van der Waals surface area contributed by atoms with Gasteiger partial charge in [-0.05, 0) is 47.2 Å². The molecule has 0 spiro atoms. The van der Waals surface area contributed by atoms with Gasteiger partial charge in [0.2, 0.25) is 0 Å². The summed E-state index contributed by atoms with van der Waals surface area (Å²) in [4.78, 5) is 11.1. The molecule has 0 bridgehead atoms. The van der Waals surface area contributed by atoms with Crippen LogP contribution in [0.5, 0.6) is 0 Å². The van der Waals surface area contributed by atoms with E-state index in [1.807, 2.05) is 25.1 Å². The summed E-state index contributed by atoms with van der Waals surface area (Å²) in [6.07, 6.45) is 0. The maximum Gasteiger partial charge on any atom is 0.335 e. The summed E-state index contributed by atoms with van der Waals surface area (Å²) < 4.78 is 0. The Bertz CT molecular complexity index is 612. The maximum absolute atomic E-state index is 11.1. The Morgan fingerprint density at radius 2 is 1.79 bits per heavy atom. The monoisotopic (exact) mass is 254 g/mol. The number of aromatic carboxylic acids is 1. The Morgan fingerprint density at radius 1 is 1.05 bits per heavy atom. The molecule has 0 radical (unpaired) electrons. The van der Waals surface area contributed by atoms with Gasteiger partial charge >= 0.3 is 5.97 Å². The van der Waals surface area contributed by atoms with E-state index in [9.17, 15) is 4.79 Å². The van der Waals surface area contributed by atoms with Gasteiger partial charge in [-0.3, -0.25) is 0 Å². The van der Waals surface area contributed by atoms with E-state index >= 15 is 0 Å². The lowest BCUT2D eigenvalue weighted by Crippen LogP contribution is -1.97. The molecule has 2 aromatic rings. The predicted molar refractivity (Wildman–Crippen MR) is 77.7 cm³/mol. The zero-order chi connectivity index (χ0) is 14.0. The van der Waals surface area contributed by atoms with Crippen LogP contribution in [0.2, 0.25) is 0 Å². The number of hydrogen-bond donors (Lipinski definition) is 1. The first-order valence-corrected chi connectivity index (χ1v) is 6.42. The molecule has 1 N–H and O–H groups in total. The third kappa shape index (κ3) is 3.02. The Labute approximate surface area is 113 Å². The fourth-order valence-corrected chi connectivity index (χ4v) is 2.15. The molecule has 0 heterocycles. The van der Waals surface area contributed by atoms with Crippen molar-refractivity contribution in [1.29, 1.82) is 0 Å². The van der Waals surface area contributed by atoms with Gasteiger partial charge in [-0.15, -0.1) is 0 Å². The molecule has 0 atom stereocenters. The third-order valence-electron chi connectivity index (χ3n) is 3.21. The lowest BCUT2D eigenvalue weighted by molar-refractivity contribution is 0.0697. The molecule has 0 aliphatic rings. The van der Waals surface area contributed by atoms with E-state index in [1.165, 1.54) is 5.56 Å². The molecule has 0 aliphatic heterocycles. The molecule has 0 saturated carbocycles. The number of carbonyl (C=O) groups is 1. The quantitative estimate of drug-likeness (QED) is 0.876. The van der Waals surface area contributed by atoms with E-state index in [0.717, 1.165) is 16.7 Å². The van der Waals surface area contributed by atoms with Gasteiger partial charge in [-0.25, -0.2) is 4.79 Å². The molecule has 2 rings (SSSR count). The summed E-state index contributed by atoms with van der Waals surface area (Å²) in [6, 6.07) is 13.7. The fourth-order valence-electron chi connectivity index (χ4n) is 2.15. The van der Waals surface area contributed by atoms with Crippen molar-refractivity contribution in [3.8, 4) is 11.1 Å². The van der Waals surface area contributed by atoms with Crippen molar-refractivity contribution >= 4 is 5.97 Å². The highest BCUT2D eigenvalue weighted by Gasteiger charge is 2.08. The van der Waals surface area contributed by atoms with Gasteiger partial charge in [-0.2, -0.15) is 0 Å². The molecule has 0 aliphatic carbocycles. The van der Waals surface area contributed by atoms with Crippen LogP contribution in [0, 0.1) is 6.92 Å². The van der Waals surface area contributed by atoms with Gasteiger partial charge in [-0.1, -0.05) is 44.2 Å². The molecular formula is C17H18O2. The van der Waals surface area contributed by atoms with Gasteiger partial charge in [0.15, 0.2) is 0 Å². The molecule has 0 aromatic heterocycles. The lowest BCUT2D eigenvalue weighted by atomic mass is 9.95. The topological polar surface area (TPSA) is 37.3 Å². The van der Waals surface area contributed by atoms with E-state index in [1.54, 1.807) is 12.1 Å². The molecular weight excluding hydrogens is 236 g/mol. The zero-order valence-electron chi connectivity index (χ0n) is 11.5. The molecule has 2 heteroatoms. The number of hydrogen-bond acceptors (Lipinski definition) is 1. The van der Waals surface area contributed by atoms with Crippen molar-refractivity contribution in [3.05, 3.63) is 59.2 Å². The highest BCUT2D eigenvalue weighted by atomic mass is 16.4. The van der Waals surface area contributed by atoms with Crippen LogP contribution in [-0.2, 0) is 0 Å². The van der Waals surface area contributed by atoms with E-state index in [2.05, 4.69) is 26.0 Å². The van der Waals surface area contributed by atoms with Gasteiger partial charge < -0.3 is 5.11 Å². The Balaban J connectivity index is 2.52. The normalized spacial score (nSPS) is 10.7. The first-order valence-electron chi connectivity index (χ1n) is 6.42. The van der Waals surface area contributed by atoms with Crippen molar-refractivity contribution in [3.63, 3.8) is 0 Å². The van der Waals surface area contributed by atoms with Crippen molar-refractivity contribution in [2.75, 3.05) is 0 Å². The standard InChI is InChI=1S/C17H18O2/c1-11(2)13-5-4-6-14(9-13)15-7-12(3)8-16(10-15)17(18)19/h4-11H,1-3H3,(H,18,19). The number of rotatable bonds is 3. The summed E-state index contributed by atoms with van der Waals surface area (Å²) in [7, 11) is 0. The molecule has 0 fully saturated rings. The summed E-state index contributed by atoms with van der Waals surface area (Å²) in [5.74, 6) is -0.423. The summed E-state index contributed by atoms with van der Waals surface area (Å²) >= 11 is 0. The van der Waals surface area contributed by atoms with Crippen LogP contribution in [0.25, 0.3) is 11.1 Å². The second-order valence-corrected chi connectivity index (χ2v) is 5.17. The number of carboxylic acids is 1. The van der Waals surface area contributed by atoms with E-state index in [0.29, 0.717) is 11.5 Å².